The van der Waals surface area contributed by atoms with Gasteiger partial charge in [0.2, 0.25) is 0 Å². The van der Waals surface area contributed by atoms with Crippen LogP contribution in [0.4, 0.5) is 11.4 Å². The number of anilines is 2. The topological polar surface area (TPSA) is 95.6 Å². The predicted octanol–water partition coefficient (Wildman–Crippen LogP) is 3.46. The van der Waals surface area contributed by atoms with Crippen molar-refractivity contribution in [2.75, 3.05) is 11.1 Å². The Balaban J connectivity index is 2.30. The summed E-state index contributed by atoms with van der Waals surface area (Å²) in [5.41, 5.74) is 6.87. The second kappa shape index (κ2) is 5.72. The smallest absolute Gasteiger partial charge is 0.255 e. The molecule has 0 fully saturated rings. The summed E-state index contributed by atoms with van der Waals surface area (Å²) in [4.78, 5) is 12.1. The summed E-state index contributed by atoms with van der Waals surface area (Å²) in [6.45, 7) is 0. The van der Waals surface area contributed by atoms with Crippen LogP contribution in [-0.4, -0.2) is 16.1 Å². The van der Waals surface area contributed by atoms with Crippen LogP contribution in [0.15, 0.2) is 39.3 Å². The summed E-state index contributed by atoms with van der Waals surface area (Å²) in [7, 11) is 0. The fourth-order valence-corrected chi connectivity index (χ4v) is 2.93. The zero-order valence-corrected chi connectivity index (χ0v) is 13.2. The molecule has 1 amide bonds. The van der Waals surface area contributed by atoms with Gasteiger partial charge in [0.05, 0.1) is 11.4 Å². The van der Waals surface area contributed by atoms with Gasteiger partial charge >= 0.3 is 0 Å². The first-order valence-corrected chi connectivity index (χ1v) is 7.05. The van der Waals surface area contributed by atoms with Crippen LogP contribution in [0.1, 0.15) is 10.4 Å². The molecule has 0 unspecified atom stereocenters. The molecule has 0 radical (unpaired) electrons. The van der Waals surface area contributed by atoms with Crippen molar-refractivity contribution in [1.29, 1.82) is 0 Å². The van der Waals surface area contributed by atoms with E-state index in [1.54, 1.807) is 12.1 Å². The molecule has 0 heterocycles. The number of nitrogens with two attached hydrogens (primary N) is 1. The zero-order chi connectivity index (χ0) is 14.9. The largest absolute Gasteiger partial charge is 0.504 e. The monoisotopic (exact) mass is 400 g/mol. The summed E-state index contributed by atoms with van der Waals surface area (Å²) in [6, 6.07) is 7.22. The Kier molecular flexibility index (Phi) is 4.20. The molecule has 2 rings (SSSR count). The maximum atomic E-state index is 12.1. The van der Waals surface area contributed by atoms with Crippen LogP contribution in [0.3, 0.4) is 0 Å². The van der Waals surface area contributed by atoms with Crippen molar-refractivity contribution in [2.45, 2.75) is 0 Å². The van der Waals surface area contributed by atoms with Gasteiger partial charge in [0.15, 0.2) is 11.5 Å². The van der Waals surface area contributed by atoms with Crippen LogP contribution in [0.2, 0.25) is 0 Å². The molecule has 104 valence electrons. The van der Waals surface area contributed by atoms with Gasteiger partial charge in [-0.1, -0.05) is 15.9 Å². The van der Waals surface area contributed by atoms with Gasteiger partial charge in [0.25, 0.3) is 5.91 Å². The Hall–Kier alpha value is -1.73. The van der Waals surface area contributed by atoms with Crippen molar-refractivity contribution in [3.05, 3.63) is 44.8 Å². The number of hydrogen-bond acceptors (Lipinski definition) is 4. The van der Waals surface area contributed by atoms with E-state index >= 15 is 0 Å². The van der Waals surface area contributed by atoms with Crippen LogP contribution in [0.5, 0.6) is 11.5 Å². The predicted molar refractivity (Wildman–Crippen MR) is 84.0 cm³/mol. The molecule has 20 heavy (non-hydrogen) atoms. The molecule has 2 aromatic rings. The van der Waals surface area contributed by atoms with Crippen LogP contribution in [-0.2, 0) is 0 Å². The average molecular weight is 402 g/mol. The second-order valence-electron chi connectivity index (χ2n) is 4.01. The minimum atomic E-state index is -0.449. The highest BCUT2D eigenvalue weighted by atomic mass is 79.9. The summed E-state index contributed by atoms with van der Waals surface area (Å²) >= 11 is 6.60. The zero-order valence-electron chi connectivity index (χ0n) is 10.0. The number of nitrogen functional groups attached to an aromatic ring is 1. The van der Waals surface area contributed by atoms with E-state index in [2.05, 4.69) is 37.2 Å². The summed E-state index contributed by atoms with van der Waals surface area (Å²) < 4.78 is 1.41. The van der Waals surface area contributed by atoms with Crippen molar-refractivity contribution in [1.82, 2.24) is 0 Å². The summed E-state index contributed by atoms with van der Waals surface area (Å²) in [5, 5.41) is 21.3. The molecule has 0 aliphatic rings. The minimum absolute atomic E-state index is 0.203. The highest BCUT2D eigenvalue weighted by Gasteiger charge is 2.13. The van der Waals surface area contributed by atoms with Crippen LogP contribution >= 0.6 is 31.9 Å². The Labute approximate surface area is 131 Å². The summed E-state index contributed by atoms with van der Waals surface area (Å²) in [5.74, 6) is -1.10. The van der Waals surface area contributed by atoms with Crippen LogP contribution in [0.25, 0.3) is 0 Å². The van der Waals surface area contributed by atoms with Crippen molar-refractivity contribution in [3.8, 4) is 11.5 Å². The number of benzene rings is 2. The van der Waals surface area contributed by atoms with Gasteiger partial charge in [0, 0.05) is 14.5 Å². The van der Waals surface area contributed by atoms with Gasteiger partial charge in [-0.3, -0.25) is 4.79 Å². The maximum absolute atomic E-state index is 12.1. The number of amides is 1. The third-order valence-electron chi connectivity index (χ3n) is 2.56. The Morgan fingerprint density at radius 3 is 2.40 bits per heavy atom. The van der Waals surface area contributed by atoms with E-state index in [0.717, 1.165) is 4.47 Å². The lowest BCUT2D eigenvalue weighted by Crippen LogP contribution is -2.13. The SMILES string of the molecule is Nc1cc(Br)cc(Br)c1NC(=O)c1ccc(O)c(O)c1. The fraction of sp³-hybridized carbons (Fsp3) is 0. The van der Waals surface area contributed by atoms with Crippen molar-refractivity contribution < 1.29 is 15.0 Å². The Bertz CT molecular complexity index is 666. The van der Waals surface area contributed by atoms with Crippen molar-refractivity contribution >= 4 is 49.1 Å². The van der Waals surface area contributed by atoms with Gasteiger partial charge in [-0.05, 0) is 46.3 Å². The van der Waals surface area contributed by atoms with E-state index in [0.29, 0.717) is 15.8 Å². The first-order chi connectivity index (χ1) is 9.38. The van der Waals surface area contributed by atoms with Crippen molar-refractivity contribution in [2.24, 2.45) is 0 Å². The first kappa shape index (κ1) is 14.7. The number of halogens is 2. The van der Waals surface area contributed by atoms with Gasteiger partial charge in [0.1, 0.15) is 0 Å². The number of phenols is 2. The molecule has 5 N–H and O–H groups in total. The molecule has 0 spiro atoms. The lowest BCUT2D eigenvalue weighted by Gasteiger charge is -2.11. The third-order valence-corrected chi connectivity index (χ3v) is 3.64. The highest BCUT2D eigenvalue weighted by Crippen LogP contribution is 2.33. The third kappa shape index (κ3) is 3.05. The number of aromatic hydroxyl groups is 2. The van der Waals surface area contributed by atoms with Gasteiger partial charge in [-0.2, -0.15) is 0 Å². The normalized spacial score (nSPS) is 10.3. The van der Waals surface area contributed by atoms with E-state index in [9.17, 15) is 15.0 Å². The molecule has 0 bridgehead atoms. The lowest BCUT2D eigenvalue weighted by molar-refractivity contribution is 0.102. The number of hydrogen-bond donors (Lipinski definition) is 4. The number of carbonyl (C=O) groups excluding carboxylic acids is 1. The second-order valence-corrected chi connectivity index (χ2v) is 5.78. The Morgan fingerprint density at radius 2 is 1.80 bits per heavy atom. The van der Waals surface area contributed by atoms with Gasteiger partial charge in [-0.25, -0.2) is 0 Å². The molecule has 7 heteroatoms. The fourth-order valence-electron chi connectivity index (χ4n) is 1.58. The molecule has 0 atom stereocenters. The number of carbonyl (C=O) groups is 1. The maximum Gasteiger partial charge on any atom is 0.255 e. The van der Waals surface area contributed by atoms with E-state index in [-0.39, 0.29) is 17.1 Å². The molecule has 0 aromatic heterocycles. The quantitative estimate of drug-likeness (QED) is 0.457. The van der Waals surface area contributed by atoms with Crippen molar-refractivity contribution in [3.63, 3.8) is 0 Å². The van der Waals surface area contributed by atoms with E-state index < -0.39 is 5.91 Å². The molecular weight excluding hydrogens is 392 g/mol. The number of rotatable bonds is 2. The van der Waals surface area contributed by atoms with Crippen LogP contribution < -0.4 is 11.1 Å². The number of phenolic OH excluding ortho intramolecular Hbond substituents is 2. The molecule has 0 saturated carbocycles. The summed E-state index contributed by atoms with van der Waals surface area (Å²) in [6.07, 6.45) is 0. The average Bonchev–Trinajstić information content (AvgIpc) is 2.36. The standard InChI is InChI=1S/C13H10Br2N2O3/c14-7-4-8(15)12(9(16)5-7)17-13(20)6-1-2-10(18)11(19)3-6/h1-5,18-19H,16H2,(H,17,20). The van der Waals surface area contributed by atoms with Gasteiger partial charge in [-0.15, -0.1) is 0 Å². The minimum Gasteiger partial charge on any atom is -0.504 e. The Morgan fingerprint density at radius 1 is 1.10 bits per heavy atom. The first-order valence-electron chi connectivity index (χ1n) is 5.46. The molecule has 2 aromatic carbocycles. The van der Waals surface area contributed by atoms with E-state index in [1.165, 1.54) is 18.2 Å². The molecule has 0 saturated heterocycles. The van der Waals surface area contributed by atoms with E-state index in [1.807, 2.05) is 0 Å². The molecule has 5 nitrogen and oxygen atoms in total. The van der Waals surface area contributed by atoms with Gasteiger partial charge < -0.3 is 21.3 Å². The van der Waals surface area contributed by atoms with Crippen LogP contribution in [0, 0.1) is 0 Å². The highest BCUT2D eigenvalue weighted by molar-refractivity contribution is 9.11. The lowest BCUT2D eigenvalue weighted by atomic mass is 10.2. The molecule has 0 aliphatic carbocycles. The molecule has 0 aliphatic heterocycles. The molecular formula is C13H10Br2N2O3. The van der Waals surface area contributed by atoms with E-state index in [4.69, 9.17) is 5.73 Å². The number of nitrogens with one attached hydrogen (secondary N) is 1.